The number of piperidine rings is 1. The number of fused-ring (bicyclic) bond motifs is 1. The topological polar surface area (TPSA) is 89.3 Å². The first kappa shape index (κ1) is 29.3. The molecule has 2 aromatic heterocycles. The van der Waals surface area contributed by atoms with E-state index in [1.807, 2.05) is 19.3 Å². The Morgan fingerprint density at radius 1 is 1.12 bits per heavy atom. The molecule has 1 saturated carbocycles. The molecule has 3 aromatic rings. The van der Waals surface area contributed by atoms with Gasteiger partial charge in [-0.25, -0.2) is 14.4 Å². The fraction of sp³-hybridized carbons (Fsp3) is 0.567. The minimum Gasteiger partial charge on any atom is -0.493 e. The van der Waals surface area contributed by atoms with Crippen LogP contribution in [0.1, 0.15) is 61.4 Å². The van der Waals surface area contributed by atoms with E-state index >= 15 is 0 Å². The molecule has 1 unspecified atom stereocenters. The Labute approximate surface area is 247 Å². The lowest BCUT2D eigenvalue weighted by Gasteiger charge is -2.32. The van der Waals surface area contributed by atoms with Gasteiger partial charge in [0.1, 0.15) is 11.6 Å². The second-order valence-corrected chi connectivity index (χ2v) is 12.0. The molecule has 0 spiro atoms. The molecule has 43 heavy (non-hydrogen) atoms. The number of carbonyl (C=O) groups is 1. The zero-order chi connectivity index (χ0) is 30.3. The number of benzene rings is 1. The first-order valence-corrected chi connectivity index (χ1v) is 14.8. The molecule has 0 N–H and O–H groups in total. The van der Waals surface area contributed by atoms with Gasteiger partial charge in [0.05, 0.1) is 25.6 Å². The van der Waals surface area contributed by atoms with Gasteiger partial charge in [-0.3, -0.25) is 4.79 Å². The summed E-state index contributed by atoms with van der Waals surface area (Å²) in [5.74, 6) is 1.30. The predicted octanol–water partition coefficient (Wildman–Crippen LogP) is 5.00. The maximum Gasteiger partial charge on any atom is 0.451 e. The number of anilines is 1. The average Bonchev–Trinajstić information content (AvgIpc) is 3.60. The molecule has 2 aliphatic heterocycles. The predicted molar refractivity (Wildman–Crippen MR) is 149 cm³/mol. The van der Waals surface area contributed by atoms with Crippen LogP contribution >= 0.6 is 0 Å². The highest BCUT2D eigenvalue weighted by atomic mass is 19.4. The molecule has 1 amide bonds. The van der Waals surface area contributed by atoms with Crippen LogP contribution in [-0.4, -0.2) is 61.8 Å². The van der Waals surface area contributed by atoms with E-state index in [9.17, 15) is 22.4 Å². The van der Waals surface area contributed by atoms with Crippen LogP contribution in [0.15, 0.2) is 30.6 Å². The van der Waals surface area contributed by atoms with Gasteiger partial charge in [0.2, 0.25) is 17.7 Å². The lowest BCUT2D eigenvalue weighted by atomic mass is 9.90. The van der Waals surface area contributed by atoms with Gasteiger partial charge in [-0.05, 0) is 74.5 Å². The molecule has 3 atom stereocenters. The Morgan fingerprint density at radius 2 is 1.86 bits per heavy atom. The number of carbonyl (C=O) groups excluding carboxylic acids is 1. The van der Waals surface area contributed by atoms with Gasteiger partial charge in [0, 0.05) is 38.1 Å². The van der Waals surface area contributed by atoms with E-state index in [1.165, 1.54) is 23.5 Å². The summed E-state index contributed by atoms with van der Waals surface area (Å²) >= 11 is 0. The number of ether oxygens (including phenoxy) is 1. The fourth-order valence-electron chi connectivity index (χ4n) is 6.53. The van der Waals surface area contributed by atoms with E-state index in [0.717, 1.165) is 48.4 Å². The van der Waals surface area contributed by atoms with Crippen LogP contribution in [0.2, 0.25) is 0 Å². The van der Waals surface area contributed by atoms with Crippen molar-refractivity contribution in [2.75, 3.05) is 31.1 Å². The molecule has 2 fully saturated rings. The van der Waals surface area contributed by atoms with E-state index in [1.54, 1.807) is 13.0 Å². The number of hydrogen-bond donors (Lipinski definition) is 0. The van der Waals surface area contributed by atoms with Crippen LogP contribution in [-0.2, 0) is 23.9 Å². The molecule has 4 heterocycles. The number of rotatable bonds is 8. The molecular weight excluding hydrogens is 566 g/mol. The van der Waals surface area contributed by atoms with E-state index in [2.05, 4.69) is 25.1 Å². The SMILES string of the molecule is Cc1cnc(N2CCC([C@H]3C[C@H]3CCOc3ccc(CC(=O)N4Cc5nnc(C(F)(F)F)n5C(C)C4)c(F)c3)CC2)nc1. The number of halogens is 4. The summed E-state index contributed by atoms with van der Waals surface area (Å²) in [5.41, 5.74) is 1.26. The summed E-state index contributed by atoms with van der Waals surface area (Å²) in [4.78, 5) is 25.5. The first-order valence-electron chi connectivity index (χ1n) is 14.8. The summed E-state index contributed by atoms with van der Waals surface area (Å²) in [6, 6.07) is 3.82. The van der Waals surface area contributed by atoms with Crippen molar-refractivity contribution in [3.8, 4) is 5.75 Å². The third-order valence-corrected chi connectivity index (χ3v) is 8.93. The van der Waals surface area contributed by atoms with Crippen LogP contribution in [0.5, 0.6) is 5.75 Å². The van der Waals surface area contributed by atoms with Crippen molar-refractivity contribution in [2.24, 2.45) is 17.8 Å². The molecule has 9 nitrogen and oxygen atoms in total. The highest BCUT2D eigenvalue weighted by Crippen LogP contribution is 2.50. The van der Waals surface area contributed by atoms with Crippen molar-refractivity contribution in [1.29, 1.82) is 0 Å². The van der Waals surface area contributed by atoms with Gasteiger partial charge >= 0.3 is 6.18 Å². The Bertz CT molecular complexity index is 1450. The van der Waals surface area contributed by atoms with Gasteiger partial charge in [-0.1, -0.05) is 6.07 Å². The standard InChI is InChI=1S/C30H35F4N7O2/c1-18-14-35-29(36-15-18)39-8-5-20(6-9-39)24-11-21(24)7-10-43-23-4-3-22(25(31)13-23)12-27(42)40-16-19(2)41-26(17-40)37-38-28(41)30(32,33)34/h3-4,13-15,19-21,24H,5-12,16-17H2,1-2H3/t19?,21-,24-/m1/s1. The van der Waals surface area contributed by atoms with Gasteiger partial charge in [0.25, 0.3) is 0 Å². The number of amides is 1. The number of hydrogen-bond acceptors (Lipinski definition) is 7. The molecule has 1 aromatic carbocycles. The average molecular weight is 602 g/mol. The normalized spacial score (nSPS) is 22.4. The number of aryl methyl sites for hydroxylation is 1. The minimum absolute atomic E-state index is 0.0538. The molecule has 0 radical (unpaired) electrons. The van der Waals surface area contributed by atoms with Crippen molar-refractivity contribution < 1.29 is 27.1 Å². The van der Waals surface area contributed by atoms with Crippen LogP contribution in [0.25, 0.3) is 0 Å². The smallest absolute Gasteiger partial charge is 0.451 e. The maximum atomic E-state index is 14.9. The molecular formula is C30H35F4N7O2. The highest BCUT2D eigenvalue weighted by Gasteiger charge is 2.44. The van der Waals surface area contributed by atoms with Crippen molar-refractivity contribution in [3.05, 3.63) is 59.2 Å². The van der Waals surface area contributed by atoms with Crippen molar-refractivity contribution in [3.63, 3.8) is 0 Å². The first-order chi connectivity index (χ1) is 20.6. The van der Waals surface area contributed by atoms with Gasteiger partial charge in [0.15, 0.2) is 5.82 Å². The van der Waals surface area contributed by atoms with Gasteiger partial charge in [-0.2, -0.15) is 13.2 Å². The molecule has 3 aliphatic rings. The Hall–Kier alpha value is -3.77. The second kappa shape index (κ2) is 11.7. The van der Waals surface area contributed by atoms with E-state index in [-0.39, 0.29) is 36.8 Å². The van der Waals surface area contributed by atoms with Gasteiger partial charge < -0.3 is 19.1 Å². The monoisotopic (exact) mass is 601 g/mol. The largest absolute Gasteiger partial charge is 0.493 e. The van der Waals surface area contributed by atoms with Crippen LogP contribution in [0.4, 0.5) is 23.5 Å². The van der Waals surface area contributed by atoms with E-state index in [4.69, 9.17) is 4.74 Å². The van der Waals surface area contributed by atoms with Crippen molar-refractivity contribution in [2.45, 2.75) is 64.7 Å². The van der Waals surface area contributed by atoms with Crippen LogP contribution in [0, 0.1) is 30.5 Å². The molecule has 13 heteroatoms. The second-order valence-electron chi connectivity index (χ2n) is 12.0. The van der Waals surface area contributed by atoms with Crippen molar-refractivity contribution in [1.82, 2.24) is 29.6 Å². The molecule has 0 bridgehead atoms. The number of nitrogens with zero attached hydrogens (tertiary/aromatic N) is 7. The summed E-state index contributed by atoms with van der Waals surface area (Å²) in [5, 5.41) is 6.91. The fourth-order valence-corrected chi connectivity index (χ4v) is 6.53. The minimum atomic E-state index is -4.63. The third kappa shape index (κ3) is 6.45. The maximum absolute atomic E-state index is 14.9. The molecule has 6 rings (SSSR count). The zero-order valence-corrected chi connectivity index (χ0v) is 24.2. The Balaban J connectivity index is 0.943. The molecule has 1 saturated heterocycles. The zero-order valence-electron chi connectivity index (χ0n) is 24.2. The highest BCUT2D eigenvalue weighted by molar-refractivity contribution is 5.79. The summed E-state index contributed by atoms with van der Waals surface area (Å²) in [6.45, 7) is 5.94. The van der Waals surface area contributed by atoms with E-state index < -0.39 is 23.9 Å². The quantitative estimate of drug-likeness (QED) is 0.336. The van der Waals surface area contributed by atoms with Crippen LogP contribution < -0.4 is 9.64 Å². The molecule has 1 aliphatic carbocycles. The van der Waals surface area contributed by atoms with E-state index in [0.29, 0.717) is 30.1 Å². The van der Waals surface area contributed by atoms with Gasteiger partial charge in [-0.15, -0.1) is 10.2 Å². The summed E-state index contributed by atoms with van der Waals surface area (Å²) in [7, 11) is 0. The Morgan fingerprint density at radius 3 is 2.56 bits per heavy atom. The summed E-state index contributed by atoms with van der Waals surface area (Å²) in [6.07, 6.45) is 3.26. The number of aromatic nitrogens is 5. The lowest BCUT2D eigenvalue weighted by Crippen LogP contribution is -2.42. The number of alkyl halides is 3. The Kier molecular flexibility index (Phi) is 7.99. The molecule has 230 valence electrons. The summed E-state index contributed by atoms with van der Waals surface area (Å²) < 4.78 is 61.4. The van der Waals surface area contributed by atoms with Crippen LogP contribution in [0.3, 0.4) is 0 Å². The lowest BCUT2D eigenvalue weighted by molar-refractivity contribution is -0.149. The third-order valence-electron chi connectivity index (χ3n) is 8.93. The van der Waals surface area contributed by atoms with Crippen molar-refractivity contribution >= 4 is 11.9 Å².